The maximum absolute atomic E-state index is 13.8. The Kier molecular flexibility index (Phi) is 8.01. The van der Waals surface area contributed by atoms with E-state index in [1.807, 2.05) is 30.3 Å². The van der Waals surface area contributed by atoms with Gasteiger partial charge in [0.05, 0.1) is 16.6 Å². The van der Waals surface area contributed by atoms with E-state index in [1.165, 1.54) is 24.4 Å². The zero-order valence-electron chi connectivity index (χ0n) is 21.8. The van der Waals surface area contributed by atoms with Crippen LogP contribution in [-0.2, 0) is 17.6 Å². The van der Waals surface area contributed by atoms with Gasteiger partial charge >= 0.3 is 12.1 Å². The van der Waals surface area contributed by atoms with Gasteiger partial charge in [-0.05, 0) is 47.5 Å². The van der Waals surface area contributed by atoms with Gasteiger partial charge < -0.3 is 14.6 Å². The summed E-state index contributed by atoms with van der Waals surface area (Å²) in [7, 11) is 0. The lowest BCUT2D eigenvalue weighted by molar-refractivity contribution is -0.138. The van der Waals surface area contributed by atoms with Crippen LogP contribution in [0, 0.1) is 0 Å². The predicted molar refractivity (Wildman–Crippen MR) is 151 cm³/mol. The van der Waals surface area contributed by atoms with Gasteiger partial charge in [0.15, 0.2) is 5.78 Å². The number of benzene rings is 4. The maximum Gasteiger partial charge on any atom is 0.417 e. The molecule has 1 N–H and O–H groups in total. The molecule has 0 spiro atoms. The fourth-order valence-electron chi connectivity index (χ4n) is 4.26. The van der Waals surface area contributed by atoms with E-state index < -0.39 is 29.1 Å². The Hall–Kier alpha value is -5.44. The molecule has 42 heavy (non-hydrogen) atoms. The van der Waals surface area contributed by atoms with E-state index in [-0.39, 0.29) is 17.1 Å². The fraction of sp³-hybridized carbons (Fsp3) is 0.0606. The molecule has 0 aliphatic carbocycles. The van der Waals surface area contributed by atoms with E-state index in [9.17, 15) is 22.8 Å². The smallest absolute Gasteiger partial charge is 0.417 e. The van der Waals surface area contributed by atoms with Crippen LogP contribution >= 0.6 is 0 Å². The molecule has 9 heteroatoms. The van der Waals surface area contributed by atoms with Crippen LogP contribution in [0.1, 0.15) is 32.6 Å². The van der Waals surface area contributed by atoms with Crippen LogP contribution in [-0.4, -0.2) is 21.8 Å². The highest BCUT2D eigenvalue weighted by atomic mass is 19.4. The maximum atomic E-state index is 13.8. The number of ether oxygens (including phenoxy) is 2. The number of carbonyl (C=O) groups is 2. The van der Waals surface area contributed by atoms with Crippen molar-refractivity contribution in [1.29, 1.82) is 0 Å². The molecule has 6 nitrogen and oxygen atoms in total. The number of fused-ring (bicyclic) bond motifs is 1. The number of ketones is 1. The number of carboxylic acid groups (broad SMARTS) is 1. The summed E-state index contributed by atoms with van der Waals surface area (Å²) in [6.45, 7) is 0.309. The Balaban J connectivity index is 1.56. The lowest BCUT2D eigenvalue weighted by atomic mass is 9.97. The lowest BCUT2D eigenvalue weighted by Gasteiger charge is -2.16. The van der Waals surface area contributed by atoms with Gasteiger partial charge in [-0.25, -0.2) is 4.79 Å². The number of rotatable bonds is 9. The Labute approximate surface area is 238 Å². The third kappa shape index (κ3) is 6.47. The van der Waals surface area contributed by atoms with Gasteiger partial charge in [-0.2, -0.15) is 13.2 Å². The highest BCUT2D eigenvalue weighted by molar-refractivity contribution is 6.14. The minimum atomic E-state index is -4.75. The number of carboxylic acids is 1. The largest absolute Gasteiger partial charge is 0.489 e. The number of nitrogens with zero attached hydrogens (tertiary/aromatic N) is 1. The van der Waals surface area contributed by atoms with Crippen LogP contribution in [0.3, 0.4) is 0 Å². The predicted octanol–water partition coefficient (Wildman–Crippen LogP) is 7.95. The molecule has 4 aromatic carbocycles. The van der Waals surface area contributed by atoms with Crippen molar-refractivity contribution in [3.63, 3.8) is 0 Å². The first-order valence-electron chi connectivity index (χ1n) is 12.7. The SMILES string of the molecule is O=C(O)/C=C/c1ccc(Oc2c(C(=O)c3ccccc3C(F)(F)F)cnc3cc(OCc4ccccc4)ccc23)cc1. The zero-order chi connectivity index (χ0) is 29.7. The summed E-state index contributed by atoms with van der Waals surface area (Å²) in [6, 6.07) is 25.4. The number of pyridine rings is 1. The first kappa shape index (κ1) is 28.1. The van der Waals surface area contributed by atoms with E-state index in [1.54, 1.807) is 42.5 Å². The number of carbonyl (C=O) groups excluding carboxylic acids is 1. The summed E-state index contributed by atoms with van der Waals surface area (Å²) in [4.78, 5) is 28.8. The monoisotopic (exact) mass is 569 g/mol. The van der Waals surface area contributed by atoms with Crippen molar-refractivity contribution in [3.05, 3.63) is 137 Å². The van der Waals surface area contributed by atoms with E-state index in [0.717, 1.165) is 23.8 Å². The highest BCUT2D eigenvalue weighted by Gasteiger charge is 2.35. The first-order chi connectivity index (χ1) is 20.2. The van der Waals surface area contributed by atoms with Crippen LogP contribution in [0.5, 0.6) is 17.2 Å². The molecular weight excluding hydrogens is 547 g/mol. The molecule has 1 aromatic heterocycles. The molecular formula is C33H22F3NO5. The first-order valence-corrected chi connectivity index (χ1v) is 12.7. The Morgan fingerprint density at radius 3 is 2.24 bits per heavy atom. The minimum absolute atomic E-state index is 0.0189. The normalized spacial score (nSPS) is 11.5. The van der Waals surface area contributed by atoms with Crippen molar-refractivity contribution in [2.24, 2.45) is 0 Å². The molecule has 0 saturated carbocycles. The minimum Gasteiger partial charge on any atom is -0.489 e. The number of hydrogen-bond acceptors (Lipinski definition) is 5. The van der Waals surface area contributed by atoms with E-state index in [2.05, 4.69) is 4.98 Å². The topological polar surface area (TPSA) is 85.7 Å². The van der Waals surface area contributed by atoms with Crippen molar-refractivity contribution >= 4 is 28.7 Å². The average molecular weight is 570 g/mol. The van der Waals surface area contributed by atoms with Crippen molar-refractivity contribution in [1.82, 2.24) is 4.98 Å². The number of alkyl halides is 3. The summed E-state index contributed by atoms with van der Waals surface area (Å²) in [5.41, 5.74) is 0.179. The summed E-state index contributed by atoms with van der Waals surface area (Å²) >= 11 is 0. The number of hydrogen-bond donors (Lipinski definition) is 1. The average Bonchev–Trinajstić information content (AvgIpc) is 2.99. The van der Waals surface area contributed by atoms with Gasteiger partial charge in [-0.3, -0.25) is 9.78 Å². The molecule has 0 aliphatic rings. The van der Waals surface area contributed by atoms with E-state index >= 15 is 0 Å². The quantitative estimate of drug-likeness (QED) is 0.143. The summed E-state index contributed by atoms with van der Waals surface area (Å²) in [6.07, 6.45) is -1.17. The van der Waals surface area contributed by atoms with Gasteiger partial charge in [0, 0.05) is 29.3 Å². The molecule has 0 unspecified atom stereocenters. The number of aliphatic carboxylic acids is 1. The molecule has 0 saturated heterocycles. The second kappa shape index (κ2) is 12.0. The molecule has 5 rings (SSSR count). The molecule has 0 amide bonds. The van der Waals surface area contributed by atoms with E-state index in [4.69, 9.17) is 14.6 Å². The summed E-state index contributed by atoms with van der Waals surface area (Å²) < 4.78 is 53.3. The molecule has 0 radical (unpaired) electrons. The molecule has 0 bridgehead atoms. The van der Waals surface area contributed by atoms with Crippen LogP contribution in [0.15, 0.2) is 109 Å². The molecule has 0 fully saturated rings. The van der Waals surface area contributed by atoms with Crippen molar-refractivity contribution in [2.45, 2.75) is 12.8 Å². The fourth-order valence-corrected chi connectivity index (χ4v) is 4.26. The van der Waals surface area contributed by atoms with E-state index in [0.29, 0.717) is 28.8 Å². The van der Waals surface area contributed by atoms with Crippen LogP contribution in [0.25, 0.3) is 17.0 Å². The van der Waals surface area contributed by atoms with Gasteiger partial charge in [0.2, 0.25) is 0 Å². The third-order valence-corrected chi connectivity index (χ3v) is 6.28. The Bertz CT molecular complexity index is 1780. The Morgan fingerprint density at radius 2 is 1.52 bits per heavy atom. The van der Waals surface area contributed by atoms with Crippen LogP contribution in [0.4, 0.5) is 13.2 Å². The Morgan fingerprint density at radius 1 is 0.833 bits per heavy atom. The van der Waals surface area contributed by atoms with Gasteiger partial charge in [-0.15, -0.1) is 0 Å². The van der Waals surface area contributed by atoms with Crippen molar-refractivity contribution in [2.75, 3.05) is 0 Å². The summed E-state index contributed by atoms with van der Waals surface area (Å²) in [5, 5.41) is 9.24. The van der Waals surface area contributed by atoms with Gasteiger partial charge in [0.25, 0.3) is 0 Å². The van der Waals surface area contributed by atoms with Crippen LogP contribution < -0.4 is 9.47 Å². The van der Waals surface area contributed by atoms with Crippen molar-refractivity contribution < 1.29 is 37.3 Å². The molecule has 0 atom stereocenters. The van der Waals surface area contributed by atoms with Crippen molar-refractivity contribution in [3.8, 4) is 17.2 Å². The van der Waals surface area contributed by atoms with Crippen LogP contribution in [0.2, 0.25) is 0 Å². The zero-order valence-corrected chi connectivity index (χ0v) is 21.8. The second-order valence-electron chi connectivity index (χ2n) is 9.17. The summed E-state index contributed by atoms with van der Waals surface area (Å²) in [5.74, 6) is -1.21. The molecule has 5 aromatic rings. The second-order valence-corrected chi connectivity index (χ2v) is 9.17. The highest BCUT2D eigenvalue weighted by Crippen LogP contribution is 2.38. The standard InChI is InChI=1S/C33H22F3NO5/c34-33(35,36)28-9-5-4-8-25(28)31(40)27-19-37-29-18-24(41-20-22-6-2-1-3-7-22)15-16-26(29)32(27)42-23-13-10-21(11-14-23)12-17-30(38)39/h1-19H,20H2,(H,38,39)/b17-12+. The molecule has 1 heterocycles. The lowest BCUT2D eigenvalue weighted by Crippen LogP contribution is -2.14. The van der Waals surface area contributed by atoms with Gasteiger partial charge in [0.1, 0.15) is 23.9 Å². The molecule has 0 aliphatic heterocycles. The van der Waals surface area contributed by atoms with Gasteiger partial charge in [-0.1, -0.05) is 60.7 Å². The number of halogens is 3. The molecule has 210 valence electrons. The third-order valence-electron chi connectivity index (χ3n) is 6.28. The number of aromatic nitrogens is 1.